The van der Waals surface area contributed by atoms with E-state index < -0.39 is 6.04 Å². The van der Waals surface area contributed by atoms with Crippen LogP contribution in [-0.2, 0) is 11.3 Å². The molecule has 31 heavy (non-hydrogen) atoms. The van der Waals surface area contributed by atoms with Crippen LogP contribution in [0.2, 0.25) is 0 Å². The van der Waals surface area contributed by atoms with Crippen molar-refractivity contribution in [3.8, 4) is 0 Å². The van der Waals surface area contributed by atoms with Gasteiger partial charge >= 0.3 is 6.03 Å². The average molecular weight is 416 g/mol. The molecular formula is C24H24N4O3. The molecule has 7 heteroatoms. The molecule has 0 saturated heterocycles. The van der Waals surface area contributed by atoms with Crippen LogP contribution in [0.25, 0.3) is 21.7 Å². The maximum Gasteiger partial charge on any atom is 0.319 e. The smallest absolute Gasteiger partial charge is 0.319 e. The lowest BCUT2D eigenvalue weighted by Gasteiger charge is -2.20. The van der Waals surface area contributed by atoms with Crippen molar-refractivity contribution in [3.63, 3.8) is 0 Å². The fourth-order valence-corrected chi connectivity index (χ4v) is 3.67. The molecule has 0 radical (unpaired) electrons. The summed E-state index contributed by atoms with van der Waals surface area (Å²) in [6.45, 7) is 2.52. The van der Waals surface area contributed by atoms with Crippen LogP contribution in [0.3, 0.4) is 0 Å². The van der Waals surface area contributed by atoms with Crippen molar-refractivity contribution in [2.75, 3.05) is 19.0 Å². The average Bonchev–Trinajstić information content (AvgIpc) is 2.78. The molecule has 0 aliphatic carbocycles. The Morgan fingerprint density at radius 1 is 1.03 bits per heavy atom. The molecule has 2 amide bonds. The lowest BCUT2D eigenvalue weighted by atomic mass is 10.1. The van der Waals surface area contributed by atoms with Gasteiger partial charge in [0.25, 0.3) is 5.56 Å². The van der Waals surface area contributed by atoms with Gasteiger partial charge in [0.05, 0.1) is 35.8 Å². The molecule has 0 fully saturated rings. The van der Waals surface area contributed by atoms with E-state index in [2.05, 4.69) is 15.6 Å². The number of methoxy groups -OCH3 is 1. The van der Waals surface area contributed by atoms with Crippen LogP contribution in [0.15, 0.2) is 71.5 Å². The van der Waals surface area contributed by atoms with Crippen molar-refractivity contribution in [1.82, 2.24) is 14.9 Å². The van der Waals surface area contributed by atoms with Crippen molar-refractivity contribution in [1.29, 1.82) is 0 Å². The molecular weight excluding hydrogens is 392 g/mol. The number of anilines is 1. The SMILES string of the molecule is COCCn1c([C@H](C)NC(=O)Nc2cccc3ccccc23)nc2ccccc2c1=O. The van der Waals surface area contributed by atoms with E-state index >= 15 is 0 Å². The molecule has 158 valence electrons. The minimum absolute atomic E-state index is 0.152. The number of benzene rings is 3. The number of amides is 2. The second-order valence-corrected chi connectivity index (χ2v) is 7.28. The molecule has 4 aromatic rings. The monoisotopic (exact) mass is 416 g/mol. The van der Waals surface area contributed by atoms with Gasteiger partial charge < -0.3 is 15.4 Å². The molecule has 1 aromatic heterocycles. The Kier molecular flexibility index (Phi) is 5.95. The molecule has 0 unspecified atom stereocenters. The van der Waals surface area contributed by atoms with Crippen LogP contribution < -0.4 is 16.2 Å². The molecule has 1 heterocycles. The minimum atomic E-state index is -0.496. The number of carbonyl (C=O) groups is 1. The summed E-state index contributed by atoms with van der Waals surface area (Å²) in [5.74, 6) is 0.480. The van der Waals surface area contributed by atoms with Gasteiger partial charge in [-0.2, -0.15) is 0 Å². The fourth-order valence-electron chi connectivity index (χ4n) is 3.67. The van der Waals surface area contributed by atoms with Gasteiger partial charge in [0.15, 0.2) is 0 Å². The predicted molar refractivity (Wildman–Crippen MR) is 122 cm³/mol. The number of nitrogens with zero attached hydrogens (tertiary/aromatic N) is 2. The standard InChI is InChI=1S/C24H24N4O3/c1-16(25-24(30)27-20-13-7-9-17-8-3-4-10-18(17)20)22-26-21-12-6-5-11-19(21)23(29)28(22)14-15-31-2/h3-13,16H,14-15H2,1-2H3,(H2,25,27,30)/t16-/m0/s1. The lowest BCUT2D eigenvalue weighted by molar-refractivity contribution is 0.184. The van der Waals surface area contributed by atoms with Crippen molar-refractivity contribution in [2.45, 2.75) is 19.5 Å². The molecule has 0 saturated carbocycles. The molecule has 1 atom stereocenters. The number of rotatable bonds is 6. The molecule has 0 bridgehead atoms. The summed E-state index contributed by atoms with van der Waals surface area (Å²) in [5.41, 5.74) is 1.16. The maximum absolute atomic E-state index is 13.0. The quantitative estimate of drug-likeness (QED) is 0.496. The summed E-state index contributed by atoms with van der Waals surface area (Å²) in [5, 5.41) is 8.34. The molecule has 0 spiro atoms. The number of nitrogens with one attached hydrogen (secondary N) is 2. The van der Waals surface area contributed by atoms with E-state index in [-0.39, 0.29) is 11.6 Å². The zero-order chi connectivity index (χ0) is 21.8. The van der Waals surface area contributed by atoms with Gasteiger partial charge in [-0.3, -0.25) is 9.36 Å². The fraction of sp³-hybridized carbons (Fsp3) is 0.208. The Bertz CT molecular complexity index is 1290. The van der Waals surface area contributed by atoms with Gasteiger partial charge in [0.2, 0.25) is 0 Å². The number of ether oxygens (including phenoxy) is 1. The van der Waals surface area contributed by atoms with E-state index in [0.717, 1.165) is 10.8 Å². The summed E-state index contributed by atoms with van der Waals surface area (Å²) in [6, 6.07) is 19.9. The first kappa shape index (κ1) is 20.6. The maximum atomic E-state index is 13.0. The first-order chi connectivity index (χ1) is 15.1. The van der Waals surface area contributed by atoms with Gasteiger partial charge in [0.1, 0.15) is 5.82 Å². The Labute approximate surface area is 179 Å². The first-order valence-corrected chi connectivity index (χ1v) is 10.1. The third-order valence-corrected chi connectivity index (χ3v) is 5.18. The third kappa shape index (κ3) is 4.27. The Hall–Kier alpha value is -3.71. The van der Waals surface area contributed by atoms with Gasteiger partial charge in [-0.1, -0.05) is 48.5 Å². The minimum Gasteiger partial charge on any atom is -0.383 e. The van der Waals surface area contributed by atoms with Gasteiger partial charge in [-0.15, -0.1) is 0 Å². The van der Waals surface area contributed by atoms with Crippen molar-refractivity contribution >= 4 is 33.4 Å². The second kappa shape index (κ2) is 8.97. The van der Waals surface area contributed by atoms with E-state index in [1.807, 2.05) is 61.5 Å². The zero-order valence-electron chi connectivity index (χ0n) is 17.5. The number of hydrogen-bond donors (Lipinski definition) is 2. The molecule has 7 nitrogen and oxygen atoms in total. The largest absolute Gasteiger partial charge is 0.383 e. The Balaban J connectivity index is 1.62. The summed E-state index contributed by atoms with van der Waals surface area (Å²) < 4.78 is 6.73. The van der Waals surface area contributed by atoms with Crippen LogP contribution in [0.5, 0.6) is 0 Å². The summed E-state index contributed by atoms with van der Waals surface area (Å²) >= 11 is 0. The number of hydrogen-bond acceptors (Lipinski definition) is 4. The highest BCUT2D eigenvalue weighted by Gasteiger charge is 2.18. The Morgan fingerprint density at radius 2 is 1.74 bits per heavy atom. The van der Waals surface area contributed by atoms with Gasteiger partial charge in [-0.05, 0) is 30.5 Å². The summed E-state index contributed by atoms with van der Waals surface area (Å²) in [4.78, 5) is 30.4. The highest BCUT2D eigenvalue weighted by Crippen LogP contribution is 2.23. The molecule has 3 aromatic carbocycles. The van der Waals surface area contributed by atoms with Gasteiger partial charge in [0, 0.05) is 12.5 Å². The van der Waals surface area contributed by atoms with Crippen LogP contribution in [0.4, 0.5) is 10.5 Å². The zero-order valence-corrected chi connectivity index (χ0v) is 17.5. The number of urea groups is 1. The number of carbonyl (C=O) groups excluding carboxylic acids is 1. The summed E-state index contributed by atoms with van der Waals surface area (Å²) in [7, 11) is 1.58. The van der Waals surface area contributed by atoms with Crippen LogP contribution in [0.1, 0.15) is 18.8 Å². The van der Waals surface area contributed by atoms with Crippen molar-refractivity contribution in [3.05, 3.63) is 82.9 Å². The molecule has 4 rings (SSSR count). The first-order valence-electron chi connectivity index (χ1n) is 10.1. The summed E-state index contributed by atoms with van der Waals surface area (Å²) in [6.07, 6.45) is 0. The normalized spacial score (nSPS) is 12.1. The van der Waals surface area contributed by atoms with E-state index in [4.69, 9.17) is 4.74 Å². The van der Waals surface area contributed by atoms with Crippen molar-refractivity contribution in [2.24, 2.45) is 0 Å². The highest BCUT2D eigenvalue weighted by atomic mass is 16.5. The molecule has 2 N–H and O–H groups in total. The number of para-hydroxylation sites is 1. The number of fused-ring (bicyclic) bond motifs is 2. The Morgan fingerprint density at radius 3 is 2.55 bits per heavy atom. The van der Waals surface area contributed by atoms with Gasteiger partial charge in [-0.25, -0.2) is 9.78 Å². The molecule has 0 aliphatic rings. The van der Waals surface area contributed by atoms with E-state index in [0.29, 0.717) is 35.6 Å². The van der Waals surface area contributed by atoms with E-state index in [1.165, 1.54) is 0 Å². The number of aromatic nitrogens is 2. The second-order valence-electron chi connectivity index (χ2n) is 7.28. The lowest BCUT2D eigenvalue weighted by Crippen LogP contribution is -2.36. The van der Waals surface area contributed by atoms with E-state index in [1.54, 1.807) is 23.8 Å². The van der Waals surface area contributed by atoms with E-state index in [9.17, 15) is 9.59 Å². The third-order valence-electron chi connectivity index (χ3n) is 5.18. The van der Waals surface area contributed by atoms with Crippen LogP contribution in [-0.4, -0.2) is 29.3 Å². The molecule has 0 aliphatic heterocycles. The highest BCUT2D eigenvalue weighted by molar-refractivity contribution is 6.01. The predicted octanol–water partition coefficient (Wildman–Crippen LogP) is 4.08. The van der Waals surface area contributed by atoms with Crippen molar-refractivity contribution < 1.29 is 9.53 Å². The topological polar surface area (TPSA) is 85.2 Å². The van der Waals surface area contributed by atoms with Crippen LogP contribution in [0, 0.1) is 0 Å². The van der Waals surface area contributed by atoms with Crippen LogP contribution >= 0.6 is 0 Å².